The van der Waals surface area contributed by atoms with Gasteiger partial charge in [-0.3, -0.25) is 9.36 Å². The van der Waals surface area contributed by atoms with E-state index in [1.807, 2.05) is 59.7 Å². The molecule has 2 saturated heterocycles. The number of methoxy groups -OCH3 is 1. The number of hydrogen-bond donors (Lipinski definition) is 2. The van der Waals surface area contributed by atoms with Crippen LogP contribution in [0.3, 0.4) is 0 Å². The van der Waals surface area contributed by atoms with Gasteiger partial charge >= 0.3 is 13.2 Å². The van der Waals surface area contributed by atoms with E-state index >= 15 is 4.39 Å². The van der Waals surface area contributed by atoms with E-state index in [0.717, 1.165) is 33.4 Å². The second-order valence-corrected chi connectivity index (χ2v) is 18.0. The van der Waals surface area contributed by atoms with E-state index in [1.54, 1.807) is 22.4 Å². The summed E-state index contributed by atoms with van der Waals surface area (Å²) in [5.74, 6) is 0.879. The fourth-order valence-electron chi connectivity index (χ4n) is 8.20. The summed E-state index contributed by atoms with van der Waals surface area (Å²) in [4.78, 5) is 38.0. The first kappa shape index (κ1) is 37.0. The second kappa shape index (κ2) is 13.5. The molecule has 3 atom stereocenters. The number of nitrogens with one attached hydrogen (secondary N) is 2. The van der Waals surface area contributed by atoms with Crippen molar-refractivity contribution < 1.29 is 32.8 Å². The molecule has 14 heteroatoms. The van der Waals surface area contributed by atoms with Crippen LogP contribution in [0.4, 0.5) is 9.18 Å². The molecule has 292 valence electrons. The van der Waals surface area contributed by atoms with E-state index in [9.17, 15) is 9.59 Å². The highest BCUT2D eigenvalue weighted by atomic mass is 32.1. The Bertz CT molecular complexity index is 2350. The Morgan fingerprint density at radius 3 is 2.50 bits per heavy atom. The third-order valence-electron chi connectivity index (χ3n) is 12.2. The molecule has 3 aromatic heterocycles. The second-order valence-electron chi connectivity index (χ2n) is 16.9. The first-order chi connectivity index (χ1) is 26.7. The van der Waals surface area contributed by atoms with Crippen LogP contribution in [-0.2, 0) is 18.8 Å². The predicted octanol–water partition coefficient (Wildman–Crippen LogP) is 8.06. The number of fused-ring (bicyclic) bond motifs is 5. The Balaban J connectivity index is 1.07. The van der Waals surface area contributed by atoms with Crippen molar-refractivity contribution in [2.45, 2.75) is 103 Å². The quantitative estimate of drug-likeness (QED) is 0.153. The number of thiophene rings is 1. The molecule has 6 heterocycles. The number of ether oxygens (including phenoxy) is 2. The van der Waals surface area contributed by atoms with E-state index in [-0.39, 0.29) is 17.9 Å². The van der Waals surface area contributed by atoms with Crippen LogP contribution in [0.25, 0.3) is 33.4 Å². The fraction of sp³-hybridized carbons (Fsp3) is 0.452. The number of likely N-dealkylation sites (tertiary alicyclic amines) is 1. The summed E-state index contributed by atoms with van der Waals surface area (Å²) in [7, 11) is 0.751. The molecule has 1 aliphatic carbocycles. The van der Waals surface area contributed by atoms with Gasteiger partial charge in [0, 0.05) is 22.4 Å². The Morgan fingerprint density at radius 2 is 1.79 bits per heavy atom. The number of amides is 2. The molecule has 3 unspecified atom stereocenters. The summed E-state index contributed by atoms with van der Waals surface area (Å²) in [6, 6.07) is 14.9. The first-order valence-electron chi connectivity index (χ1n) is 19.5. The molecule has 3 aliphatic heterocycles. The summed E-state index contributed by atoms with van der Waals surface area (Å²) in [6.45, 7) is 12.5. The molecule has 5 aromatic rings. The standard InChI is InChI=1S/C42H47BFN5O6S/c1-22(2)36(47-40(51)52-7)38(50)48-16-8-9-30(48)37-45-21-28(46-37)24-18-27(44)35-31-19-25-17-26(43-54-41(3,4)42(5,6)55-43)12-13-29(25)49(31)39(53-32(35)20-24)34-15-14-33(56-34)23-10-11-23/h12-15,17-23,30,36,39H,8-11,16H2,1-7H3,(H,45,46)(H,47,51). The van der Waals surface area contributed by atoms with Crippen molar-refractivity contribution in [3.8, 4) is 28.3 Å². The molecular formula is C42H47BFN5O6S. The minimum Gasteiger partial charge on any atom is -0.464 e. The molecule has 3 fully saturated rings. The maximum absolute atomic E-state index is 16.7. The van der Waals surface area contributed by atoms with Gasteiger partial charge in [-0.25, -0.2) is 14.2 Å². The molecule has 0 spiro atoms. The van der Waals surface area contributed by atoms with Gasteiger partial charge in [0.15, 0.2) is 0 Å². The van der Waals surface area contributed by atoms with Crippen LogP contribution in [0, 0.1) is 11.7 Å². The Labute approximate surface area is 330 Å². The van der Waals surface area contributed by atoms with Crippen molar-refractivity contribution in [1.82, 2.24) is 24.8 Å². The number of aromatic nitrogens is 3. The van der Waals surface area contributed by atoms with Crippen LogP contribution in [0.1, 0.15) is 101 Å². The summed E-state index contributed by atoms with van der Waals surface area (Å²) in [5, 5.41) is 3.63. The maximum atomic E-state index is 16.7. The third kappa shape index (κ3) is 6.20. The monoisotopic (exact) mass is 779 g/mol. The largest absolute Gasteiger partial charge is 0.494 e. The molecule has 0 radical (unpaired) electrons. The number of hydrogen-bond acceptors (Lipinski definition) is 8. The highest BCUT2D eigenvalue weighted by Gasteiger charge is 2.52. The van der Waals surface area contributed by atoms with Gasteiger partial charge in [0.1, 0.15) is 23.4 Å². The maximum Gasteiger partial charge on any atom is 0.494 e. The van der Waals surface area contributed by atoms with Crippen molar-refractivity contribution in [1.29, 1.82) is 0 Å². The van der Waals surface area contributed by atoms with E-state index in [0.29, 0.717) is 47.3 Å². The molecule has 11 nitrogen and oxygen atoms in total. The number of imidazole rings is 1. The zero-order chi connectivity index (χ0) is 39.3. The Morgan fingerprint density at radius 1 is 1.04 bits per heavy atom. The number of benzene rings is 2. The third-order valence-corrected chi connectivity index (χ3v) is 13.5. The predicted molar refractivity (Wildman–Crippen MR) is 214 cm³/mol. The number of nitrogens with zero attached hydrogens (tertiary/aromatic N) is 3. The molecule has 4 aliphatic rings. The van der Waals surface area contributed by atoms with Gasteiger partial charge in [-0.05, 0) is 107 Å². The normalized spacial score (nSPS) is 21.6. The Kier molecular flexibility index (Phi) is 8.90. The number of rotatable bonds is 8. The average Bonchev–Trinajstić information content (AvgIpc) is 3.62. The van der Waals surface area contributed by atoms with Crippen molar-refractivity contribution in [3.05, 3.63) is 76.1 Å². The lowest BCUT2D eigenvalue weighted by molar-refractivity contribution is -0.135. The summed E-state index contributed by atoms with van der Waals surface area (Å²) in [5.41, 5.74) is 3.18. The van der Waals surface area contributed by atoms with Gasteiger partial charge in [-0.15, -0.1) is 11.3 Å². The van der Waals surface area contributed by atoms with E-state index in [1.165, 1.54) is 30.9 Å². The smallest absolute Gasteiger partial charge is 0.464 e. The van der Waals surface area contributed by atoms with Gasteiger partial charge in [-0.1, -0.05) is 26.0 Å². The summed E-state index contributed by atoms with van der Waals surface area (Å²) in [6.07, 6.45) is 4.41. The van der Waals surface area contributed by atoms with Gasteiger partial charge in [0.2, 0.25) is 12.1 Å². The van der Waals surface area contributed by atoms with Crippen molar-refractivity contribution in [3.63, 3.8) is 0 Å². The molecule has 0 bridgehead atoms. The molecule has 56 heavy (non-hydrogen) atoms. The Hall–Kier alpha value is -4.66. The first-order valence-corrected chi connectivity index (χ1v) is 20.4. The lowest BCUT2D eigenvalue weighted by atomic mass is 9.78. The number of carbonyl (C=O) groups excluding carboxylic acids is 2. The van der Waals surface area contributed by atoms with E-state index in [4.69, 9.17) is 23.8 Å². The van der Waals surface area contributed by atoms with Crippen LogP contribution < -0.4 is 15.5 Å². The highest BCUT2D eigenvalue weighted by molar-refractivity contribution is 7.12. The van der Waals surface area contributed by atoms with Crippen LogP contribution in [-0.4, -0.2) is 69.5 Å². The molecule has 2 aromatic carbocycles. The lowest BCUT2D eigenvalue weighted by Gasteiger charge is -2.32. The van der Waals surface area contributed by atoms with Crippen molar-refractivity contribution >= 4 is 46.8 Å². The molecule has 9 rings (SSSR count). The highest BCUT2D eigenvalue weighted by Crippen LogP contribution is 2.50. The van der Waals surface area contributed by atoms with Crippen LogP contribution in [0.15, 0.2) is 54.7 Å². The number of alkyl carbamates (subject to hydrolysis) is 1. The average molecular weight is 780 g/mol. The van der Waals surface area contributed by atoms with Crippen molar-refractivity contribution in [2.75, 3.05) is 13.7 Å². The van der Waals surface area contributed by atoms with Gasteiger partial charge < -0.3 is 34.0 Å². The van der Waals surface area contributed by atoms with Crippen LogP contribution in [0.2, 0.25) is 0 Å². The molecule has 1 saturated carbocycles. The SMILES string of the molecule is COC(=O)NC(C(=O)N1CCCC1c1ncc(-c2cc(F)c3c(c2)OC(c2ccc(C4CC4)s2)n2c-3cc3cc(B4OC(C)(C)C(C)(C)O4)ccc32)[nH]1)C(C)C. The summed E-state index contributed by atoms with van der Waals surface area (Å²) >= 11 is 1.76. The molecule has 2 amide bonds. The number of aromatic amines is 1. The van der Waals surface area contributed by atoms with Gasteiger partial charge in [0.25, 0.3) is 0 Å². The topological polar surface area (TPSA) is 120 Å². The zero-order valence-electron chi connectivity index (χ0n) is 32.8. The zero-order valence-corrected chi connectivity index (χ0v) is 33.6. The minimum absolute atomic E-state index is 0.150. The van der Waals surface area contributed by atoms with E-state index < -0.39 is 42.5 Å². The van der Waals surface area contributed by atoms with Crippen molar-refractivity contribution in [2.24, 2.45) is 5.92 Å². The fourth-order valence-corrected chi connectivity index (χ4v) is 9.40. The molecular weight excluding hydrogens is 732 g/mol. The number of H-pyrrole nitrogens is 1. The van der Waals surface area contributed by atoms with Gasteiger partial charge in [0.05, 0.1) is 57.9 Å². The lowest BCUT2D eigenvalue weighted by Crippen LogP contribution is -2.51. The number of carbonyl (C=O) groups is 2. The minimum atomic E-state index is -0.744. The van der Waals surface area contributed by atoms with Gasteiger partial charge in [-0.2, -0.15) is 0 Å². The number of halogens is 1. The van der Waals surface area contributed by atoms with E-state index in [2.05, 4.69) is 39.1 Å². The summed E-state index contributed by atoms with van der Waals surface area (Å²) < 4.78 is 43.2. The van der Waals surface area contributed by atoms with Crippen LogP contribution in [0.5, 0.6) is 5.75 Å². The van der Waals surface area contributed by atoms with Crippen LogP contribution >= 0.6 is 11.3 Å². The molecule has 2 N–H and O–H groups in total.